The number of carbonyl (C=O) groups excluding carboxylic acids is 1. The zero-order chi connectivity index (χ0) is 22.6. The van der Waals surface area contributed by atoms with E-state index in [2.05, 4.69) is 25.5 Å². The summed E-state index contributed by atoms with van der Waals surface area (Å²) in [5.41, 5.74) is 2.86. The van der Waals surface area contributed by atoms with Gasteiger partial charge in [-0.15, -0.1) is 0 Å². The number of nitrogens with one attached hydrogen (secondary N) is 2. The molecule has 0 spiro atoms. The van der Waals surface area contributed by atoms with Crippen LogP contribution in [-0.4, -0.2) is 55.4 Å². The number of anilines is 4. The summed E-state index contributed by atoms with van der Waals surface area (Å²) in [5.74, 6) is 2.23. The second-order valence-electron chi connectivity index (χ2n) is 7.78. The van der Waals surface area contributed by atoms with Crippen LogP contribution in [0.5, 0.6) is 11.5 Å². The van der Waals surface area contributed by atoms with E-state index in [-0.39, 0.29) is 5.91 Å². The van der Waals surface area contributed by atoms with E-state index in [1.165, 1.54) is 0 Å². The van der Waals surface area contributed by atoms with Gasteiger partial charge in [-0.3, -0.25) is 4.79 Å². The molecule has 3 aromatic rings. The van der Waals surface area contributed by atoms with Crippen LogP contribution in [-0.2, 0) is 4.74 Å². The standard InChI is InChI=1S/C24H25N5O4/c1-16-15-21(28-24(25-16)29-9-11-31-12-10-29)26-17-5-7-18(8-6-17)27-23(30)19-3-2-4-20-22(19)33-14-13-32-20/h2-8,15H,9-14H2,1H3,(H,27,30)(H,25,26,28). The van der Waals surface area contributed by atoms with E-state index in [0.29, 0.717) is 60.9 Å². The average Bonchev–Trinajstić information content (AvgIpc) is 2.85. The minimum atomic E-state index is -0.250. The third-order valence-electron chi connectivity index (χ3n) is 5.36. The van der Waals surface area contributed by atoms with Gasteiger partial charge in [-0.25, -0.2) is 4.98 Å². The number of aryl methyl sites for hydroxylation is 1. The first kappa shape index (κ1) is 21.0. The molecule has 2 aliphatic heterocycles. The minimum absolute atomic E-state index is 0.250. The van der Waals surface area contributed by atoms with Gasteiger partial charge < -0.3 is 29.7 Å². The highest BCUT2D eigenvalue weighted by Crippen LogP contribution is 2.34. The average molecular weight is 447 g/mol. The Balaban J connectivity index is 1.27. The first-order valence-electron chi connectivity index (χ1n) is 10.9. The molecule has 2 N–H and O–H groups in total. The highest BCUT2D eigenvalue weighted by Gasteiger charge is 2.20. The molecule has 9 heteroatoms. The van der Waals surface area contributed by atoms with Crippen LogP contribution in [0.1, 0.15) is 16.1 Å². The molecule has 0 atom stereocenters. The van der Waals surface area contributed by atoms with Gasteiger partial charge in [0.25, 0.3) is 5.91 Å². The fraction of sp³-hybridized carbons (Fsp3) is 0.292. The molecule has 2 aromatic carbocycles. The second kappa shape index (κ2) is 9.33. The normalized spacial score (nSPS) is 15.1. The Morgan fingerprint density at radius 1 is 0.939 bits per heavy atom. The van der Waals surface area contributed by atoms with Gasteiger partial charge in [0.05, 0.1) is 18.8 Å². The number of para-hydroxylation sites is 1. The number of aromatic nitrogens is 2. The molecule has 3 heterocycles. The van der Waals surface area contributed by atoms with Gasteiger partial charge in [-0.2, -0.15) is 4.98 Å². The van der Waals surface area contributed by atoms with Crippen LogP contribution in [0.2, 0.25) is 0 Å². The number of carbonyl (C=O) groups is 1. The monoisotopic (exact) mass is 447 g/mol. The maximum Gasteiger partial charge on any atom is 0.259 e. The quantitative estimate of drug-likeness (QED) is 0.614. The van der Waals surface area contributed by atoms with Gasteiger partial charge in [0, 0.05) is 36.2 Å². The van der Waals surface area contributed by atoms with Gasteiger partial charge in [0.2, 0.25) is 5.95 Å². The molecule has 0 radical (unpaired) electrons. The lowest BCUT2D eigenvalue weighted by Gasteiger charge is -2.27. The summed E-state index contributed by atoms with van der Waals surface area (Å²) < 4.78 is 16.6. The molecule has 1 fully saturated rings. The maximum atomic E-state index is 12.8. The predicted molar refractivity (Wildman–Crippen MR) is 125 cm³/mol. The smallest absolute Gasteiger partial charge is 0.259 e. The summed E-state index contributed by atoms with van der Waals surface area (Å²) in [4.78, 5) is 24.1. The van der Waals surface area contributed by atoms with Crippen molar-refractivity contribution in [1.82, 2.24) is 9.97 Å². The van der Waals surface area contributed by atoms with E-state index in [1.54, 1.807) is 18.2 Å². The number of amides is 1. The number of ether oxygens (including phenoxy) is 3. The van der Waals surface area contributed by atoms with Crippen molar-refractivity contribution >= 4 is 29.0 Å². The highest BCUT2D eigenvalue weighted by atomic mass is 16.6. The molecular formula is C24H25N5O4. The Labute approximate surface area is 191 Å². The Morgan fingerprint density at radius 3 is 2.52 bits per heavy atom. The maximum absolute atomic E-state index is 12.8. The van der Waals surface area contributed by atoms with Crippen molar-refractivity contribution in [3.8, 4) is 11.5 Å². The van der Waals surface area contributed by atoms with Crippen molar-refractivity contribution in [2.75, 3.05) is 55.1 Å². The van der Waals surface area contributed by atoms with Gasteiger partial charge in [-0.1, -0.05) is 6.07 Å². The van der Waals surface area contributed by atoms with E-state index in [9.17, 15) is 4.79 Å². The zero-order valence-corrected chi connectivity index (χ0v) is 18.3. The van der Waals surface area contributed by atoms with Gasteiger partial charge in [0.1, 0.15) is 19.0 Å². The molecule has 5 rings (SSSR count). The molecular weight excluding hydrogens is 422 g/mol. The minimum Gasteiger partial charge on any atom is -0.486 e. The molecule has 1 aromatic heterocycles. The molecule has 170 valence electrons. The summed E-state index contributed by atoms with van der Waals surface area (Å²) in [6, 6.07) is 14.7. The van der Waals surface area contributed by atoms with Crippen LogP contribution >= 0.6 is 0 Å². The topological polar surface area (TPSA) is 97.8 Å². The van der Waals surface area contributed by atoms with Gasteiger partial charge in [0.15, 0.2) is 11.5 Å². The van der Waals surface area contributed by atoms with E-state index in [0.717, 1.165) is 24.5 Å². The fourth-order valence-electron chi connectivity index (χ4n) is 3.76. The Morgan fingerprint density at radius 2 is 1.70 bits per heavy atom. The van der Waals surface area contributed by atoms with Crippen molar-refractivity contribution in [3.63, 3.8) is 0 Å². The number of fused-ring (bicyclic) bond motifs is 1. The fourth-order valence-corrected chi connectivity index (χ4v) is 3.76. The third-order valence-corrected chi connectivity index (χ3v) is 5.36. The van der Waals surface area contributed by atoms with E-state index < -0.39 is 0 Å². The van der Waals surface area contributed by atoms with Crippen LogP contribution in [0.25, 0.3) is 0 Å². The molecule has 0 unspecified atom stereocenters. The highest BCUT2D eigenvalue weighted by molar-refractivity contribution is 6.06. The lowest BCUT2D eigenvalue weighted by Crippen LogP contribution is -2.37. The van der Waals surface area contributed by atoms with Crippen molar-refractivity contribution < 1.29 is 19.0 Å². The number of hydrogen-bond donors (Lipinski definition) is 2. The number of morpholine rings is 1. The van der Waals surface area contributed by atoms with Crippen LogP contribution in [0.3, 0.4) is 0 Å². The zero-order valence-electron chi connectivity index (χ0n) is 18.3. The predicted octanol–water partition coefficient (Wildman–Crippen LogP) is 3.39. The molecule has 33 heavy (non-hydrogen) atoms. The molecule has 2 aliphatic rings. The van der Waals surface area contributed by atoms with E-state index in [4.69, 9.17) is 14.2 Å². The number of rotatable bonds is 5. The van der Waals surface area contributed by atoms with Crippen LogP contribution in [0.15, 0.2) is 48.5 Å². The summed E-state index contributed by atoms with van der Waals surface area (Å²) in [5, 5.41) is 6.23. The Kier molecular flexibility index (Phi) is 5.95. The summed E-state index contributed by atoms with van der Waals surface area (Å²) in [6.45, 7) is 5.76. The van der Waals surface area contributed by atoms with Crippen molar-refractivity contribution in [2.45, 2.75) is 6.92 Å². The van der Waals surface area contributed by atoms with Crippen molar-refractivity contribution in [1.29, 1.82) is 0 Å². The molecule has 0 aliphatic carbocycles. The summed E-state index contributed by atoms with van der Waals surface area (Å²) in [7, 11) is 0. The number of nitrogens with zero attached hydrogens (tertiary/aromatic N) is 3. The SMILES string of the molecule is Cc1cc(Nc2ccc(NC(=O)c3cccc4c3OCCO4)cc2)nc(N2CCOCC2)n1. The second-order valence-corrected chi connectivity index (χ2v) is 7.78. The molecule has 0 saturated carbocycles. The number of benzene rings is 2. The van der Waals surface area contributed by atoms with E-state index >= 15 is 0 Å². The van der Waals surface area contributed by atoms with Crippen LogP contribution in [0.4, 0.5) is 23.1 Å². The Bertz CT molecular complexity index is 1150. The summed E-state index contributed by atoms with van der Waals surface area (Å²) in [6.07, 6.45) is 0. The van der Waals surface area contributed by atoms with E-state index in [1.807, 2.05) is 37.3 Å². The number of hydrogen-bond acceptors (Lipinski definition) is 8. The first-order valence-corrected chi connectivity index (χ1v) is 10.9. The third kappa shape index (κ3) is 4.83. The molecule has 9 nitrogen and oxygen atoms in total. The first-order chi connectivity index (χ1) is 16.2. The lowest BCUT2D eigenvalue weighted by molar-refractivity contribution is 0.101. The summed E-state index contributed by atoms with van der Waals surface area (Å²) >= 11 is 0. The largest absolute Gasteiger partial charge is 0.486 e. The molecule has 1 amide bonds. The van der Waals surface area contributed by atoms with Crippen LogP contribution < -0.4 is 25.0 Å². The lowest BCUT2D eigenvalue weighted by atomic mass is 10.1. The van der Waals surface area contributed by atoms with Crippen molar-refractivity contribution in [2.24, 2.45) is 0 Å². The van der Waals surface area contributed by atoms with Gasteiger partial charge >= 0.3 is 0 Å². The molecule has 0 bridgehead atoms. The molecule has 1 saturated heterocycles. The Hall–Kier alpha value is -3.85. The van der Waals surface area contributed by atoms with Gasteiger partial charge in [-0.05, 0) is 43.3 Å². The van der Waals surface area contributed by atoms with Crippen molar-refractivity contribution in [3.05, 3.63) is 59.8 Å². The van der Waals surface area contributed by atoms with Crippen LogP contribution in [0, 0.1) is 6.92 Å².